The second-order valence-corrected chi connectivity index (χ2v) is 7.15. The summed E-state index contributed by atoms with van der Waals surface area (Å²) in [5, 5.41) is 0. The molecule has 122 valence electrons. The minimum atomic E-state index is -4.45. The molecule has 3 nitrogen and oxygen atoms in total. The van der Waals surface area contributed by atoms with Crippen molar-refractivity contribution in [3.05, 3.63) is 59.2 Å². The van der Waals surface area contributed by atoms with Gasteiger partial charge in [-0.25, -0.2) is 8.42 Å². The lowest BCUT2D eigenvalue weighted by molar-refractivity contribution is -0.137. The molecule has 0 fully saturated rings. The first-order valence-electron chi connectivity index (χ1n) is 7.08. The number of anilines is 1. The highest BCUT2D eigenvalue weighted by molar-refractivity contribution is 7.92. The third kappa shape index (κ3) is 3.34. The smallest absolute Gasteiger partial charge is 0.280 e. The van der Waals surface area contributed by atoms with Crippen LogP contribution >= 0.6 is 0 Å². The topological polar surface area (TPSA) is 46.2 Å². The lowest BCUT2D eigenvalue weighted by Gasteiger charge is -2.11. The van der Waals surface area contributed by atoms with Gasteiger partial charge >= 0.3 is 6.18 Å². The molecule has 23 heavy (non-hydrogen) atoms. The Balaban J connectivity index is 1.84. The molecule has 0 amide bonds. The summed E-state index contributed by atoms with van der Waals surface area (Å²) >= 11 is 0. The predicted molar refractivity (Wildman–Crippen MR) is 80.7 cm³/mol. The van der Waals surface area contributed by atoms with Crippen LogP contribution in [0.1, 0.15) is 23.1 Å². The number of alkyl halides is 3. The summed E-state index contributed by atoms with van der Waals surface area (Å²) in [5.41, 5.74) is 1.44. The SMILES string of the molecule is O=S(=O)(Nc1ccc(C(F)(F)F)cc1)c1ccc2c(c1)CCC2. The zero-order chi connectivity index (χ0) is 16.7. The molecule has 0 unspecified atom stereocenters. The van der Waals surface area contributed by atoms with E-state index in [4.69, 9.17) is 0 Å². The summed E-state index contributed by atoms with van der Waals surface area (Å²) in [5.74, 6) is 0. The van der Waals surface area contributed by atoms with Crippen LogP contribution in [0.25, 0.3) is 0 Å². The van der Waals surface area contributed by atoms with Crippen LogP contribution in [0, 0.1) is 0 Å². The number of halogens is 3. The first kappa shape index (κ1) is 15.9. The van der Waals surface area contributed by atoms with E-state index < -0.39 is 21.8 Å². The molecule has 0 spiro atoms. The van der Waals surface area contributed by atoms with Crippen molar-refractivity contribution < 1.29 is 21.6 Å². The fourth-order valence-corrected chi connectivity index (χ4v) is 3.77. The quantitative estimate of drug-likeness (QED) is 0.917. The number of benzene rings is 2. The first-order chi connectivity index (χ1) is 10.8. The zero-order valence-electron chi connectivity index (χ0n) is 12.0. The van der Waals surface area contributed by atoms with E-state index in [2.05, 4.69) is 4.72 Å². The zero-order valence-corrected chi connectivity index (χ0v) is 12.8. The summed E-state index contributed by atoms with van der Waals surface area (Å²) in [7, 11) is -3.81. The lowest BCUT2D eigenvalue weighted by atomic mass is 10.1. The Bertz CT molecular complexity index is 827. The van der Waals surface area contributed by atoms with Gasteiger partial charge in [-0.15, -0.1) is 0 Å². The largest absolute Gasteiger partial charge is 0.416 e. The summed E-state index contributed by atoms with van der Waals surface area (Å²) in [6.45, 7) is 0. The van der Waals surface area contributed by atoms with Gasteiger partial charge in [0.25, 0.3) is 10.0 Å². The van der Waals surface area contributed by atoms with E-state index in [1.165, 1.54) is 6.07 Å². The number of sulfonamides is 1. The van der Waals surface area contributed by atoms with Crippen LogP contribution in [0.2, 0.25) is 0 Å². The minimum Gasteiger partial charge on any atom is -0.280 e. The van der Waals surface area contributed by atoms with Gasteiger partial charge in [0.1, 0.15) is 0 Å². The lowest BCUT2D eigenvalue weighted by Crippen LogP contribution is -2.13. The number of fused-ring (bicyclic) bond motifs is 1. The van der Waals surface area contributed by atoms with Crippen LogP contribution in [0.15, 0.2) is 47.4 Å². The second kappa shape index (κ2) is 5.56. The maximum atomic E-state index is 12.5. The fourth-order valence-electron chi connectivity index (χ4n) is 2.66. The van der Waals surface area contributed by atoms with Crippen molar-refractivity contribution in [1.29, 1.82) is 0 Å². The highest BCUT2D eigenvalue weighted by Gasteiger charge is 2.30. The summed E-state index contributed by atoms with van der Waals surface area (Å²) in [4.78, 5) is 0.123. The van der Waals surface area contributed by atoms with E-state index in [9.17, 15) is 21.6 Å². The summed E-state index contributed by atoms with van der Waals surface area (Å²) in [6.07, 6.45) is -1.65. The number of hydrogen-bond donors (Lipinski definition) is 1. The summed E-state index contributed by atoms with van der Waals surface area (Å²) < 4.78 is 64.5. The van der Waals surface area contributed by atoms with Crippen LogP contribution < -0.4 is 4.72 Å². The molecule has 0 radical (unpaired) electrons. The van der Waals surface area contributed by atoms with Crippen molar-refractivity contribution in [3.63, 3.8) is 0 Å². The second-order valence-electron chi connectivity index (χ2n) is 5.46. The van der Waals surface area contributed by atoms with Crippen LogP contribution in [0.5, 0.6) is 0 Å². The molecule has 2 aromatic carbocycles. The van der Waals surface area contributed by atoms with Gasteiger partial charge in [0.05, 0.1) is 10.5 Å². The fraction of sp³-hybridized carbons (Fsp3) is 0.250. The molecule has 2 aromatic rings. The molecule has 0 heterocycles. The van der Waals surface area contributed by atoms with E-state index in [0.29, 0.717) is 0 Å². The van der Waals surface area contributed by atoms with Gasteiger partial charge in [0.15, 0.2) is 0 Å². The van der Waals surface area contributed by atoms with Crippen molar-refractivity contribution in [2.45, 2.75) is 30.3 Å². The molecule has 3 rings (SSSR count). The van der Waals surface area contributed by atoms with Crippen LogP contribution in [0.3, 0.4) is 0 Å². The van der Waals surface area contributed by atoms with E-state index in [-0.39, 0.29) is 10.6 Å². The third-order valence-corrected chi connectivity index (χ3v) is 5.22. The first-order valence-corrected chi connectivity index (χ1v) is 8.56. The molecule has 7 heteroatoms. The van der Waals surface area contributed by atoms with Crippen LogP contribution in [0.4, 0.5) is 18.9 Å². The van der Waals surface area contributed by atoms with Gasteiger partial charge in [-0.2, -0.15) is 13.2 Å². The average Bonchev–Trinajstić information content (AvgIpc) is 2.93. The molecule has 0 bridgehead atoms. The van der Waals surface area contributed by atoms with Crippen molar-refractivity contribution in [2.75, 3.05) is 4.72 Å². The van der Waals surface area contributed by atoms with Crippen molar-refractivity contribution in [2.24, 2.45) is 0 Å². The molecule has 0 aliphatic heterocycles. The molecule has 1 aliphatic rings. The van der Waals surface area contributed by atoms with Crippen LogP contribution in [-0.4, -0.2) is 8.42 Å². The number of nitrogens with one attached hydrogen (secondary N) is 1. The third-order valence-electron chi connectivity index (χ3n) is 3.84. The molecule has 0 saturated heterocycles. The van der Waals surface area contributed by atoms with Gasteiger partial charge in [0.2, 0.25) is 0 Å². The van der Waals surface area contributed by atoms with Gasteiger partial charge < -0.3 is 0 Å². The Morgan fingerprint density at radius 2 is 1.57 bits per heavy atom. The molecule has 0 aromatic heterocycles. The molecular formula is C16H14F3NO2S. The van der Waals surface area contributed by atoms with Gasteiger partial charge in [-0.1, -0.05) is 6.07 Å². The monoisotopic (exact) mass is 341 g/mol. The Labute approximate surface area is 132 Å². The Morgan fingerprint density at radius 3 is 2.22 bits per heavy atom. The van der Waals surface area contributed by atoms with Gasteiger partial charge in [0, 0.05) is 5.69 Å². The van der Waals surface area contributed by atoms with Crippen molar-refractivity contribution >= 4 is 15.7 Å². The Kier molecular flexibility index (Phi) is 3.83. The maximum Gasteiger partial charge on any atom is 0.416 e. The highest BCUT2D eigenvalue weighted by Crippen LogP contribution is 2.30. The molecule has 0 saturated carbocycles. The molecule has 1 N–H and O–H groups in total. The maximum absolute atomic E-state index is 12.5. The molecule has 0 atom stereocenters. The number of aryl methyl sites for hydroxylation is 2. The molecular weight excluding hydrogens is 327 g/mol. The number of hydrogen-bond acceptors (Lipinski definition) is 2. The van der Waals surface area contributed by atoms with Gasteiger partial charge in [-0.05, 0) is 66.8 Å². The predicted octanol–water partition coefficient (Wildman–Crippen LogP) is 3.99. The minimum absolute atomic E-state index is 0.0958. The van der Waals surface area contributed by atoms with E-state index in [1.54, 1.807) is 12.1 Å². The molecule has 1 aliphatic carbocycles. The van der Waals surface area contributed by atoms with E-state index >= 15 is 0 Å². The normalized spacial score (nSPS) is 14.6. The average molecular weight is 341 g/mol. The van der Waals surface area contributed by atoms with E-state index in [1.807, 2.05) is 0 Å². The standard InChI is InChI=1S/C16H14F3NO2S/c17-16(18,19)13-5-7-14(8-6-13)20-23(21,22)15-9-4-11-2-1-3-12(11)10-15/h4-10,20H,1-3H2. The Hall–Kier alpha value is -2.02. The van der Waals surface area contributed by atoms with Crippen LogP contribution in [-0.2, 0) is 29.0 Å². The number of rotatable bonds is 3. The van der Waals surface area contributed by atoms with E-state index in [0.717, 1.165) is 54.7 Å². The highest BCUT2D eigenvalue weighted by atomic mass is 32.2. The Morgan fingerprint density at radius 1 is 0.913 bits per heavy atom. The summed E-state index contributed by atoms with van der Waals surface area (Å²) in [6, 6.07) is 8.86. The van der Waals surface area contributed by atoms with Gasteiger partial charge in [-0.3, -0.25) is 4.72 Å². The van der Waals surface area contributed by atoms with Crippen molar-refractivity contribution in [3.8, 4) is 0 Å². The van der Waals surface area contributed by atoms with Crippen molar-refractivity contribution in [1.82, 2.24) is 0 Å².